The van der Waals surface area contributed by atoms with Crippen LogP contribution in [0, 0.1) is 5.41 Å². The number of hydrogen-bond acceptors (Lipinski definition) is 3. The summed E-state index contributed by atoms with van der Waals surface area (Å²) in [5, 5.41) is 25.7. The van der Waals surface area contributed by atoms with Gasteiger partial charge in [-0.25, -0.2) is 0 Å². The van der Waals surface area contributed by atoms with Gasteiger partial charge < -0.3 is 15.3 Å². The van der Waals surface area contributed by atoms with Gasteiger partial charge in [-0.1, -0.05) is 6.92 Å². The molecular formula is C6H12KO4. The van der Waals surface area contributed by atoms with Crippen LogP contribution in [0.3, 0.4) is 0 Å². The van der Waals surface area contributed by atoms with E-state index in [9.17, 15) is 4.79 Å². The molecule has 0 saturated heterocycles. The average molecular weight is 187 g/mol. The Morgan fingerprint density at radius 2 is 1.73 bits per heavy atom. The van der Waals surface area contributed by atoms with Crippen LogP contribution in [-0.2, 0) is 4.79 Å². The zero-order valence-corrected chi connectivity index (χ0v) is 9.99. The molecule has 0 unspecified atom stereocenters. The number of carbonyl (C=O) groups is 1. The number of aliphatic hydroxyl groups is 2. The van der Waals surface area contributed by atoms with Crippen molar-refractivity contribution >= 4 is 57.4 Å². The Bertz CT molecular complexity index is 113. The Morgan fingerprint density at radius 3 is 1.73 bits per heavy atom. The van der Waals surface area contributed by atoms with Crippen molar-refractivity contribution in [1.82, 2.24) is 0 Å². The predicted molar refractivity (Wildman–Crippen MR) is 40.3 cm³/mol. The van der Waals surface area contributed by atoms with Crippen molar-refractivity contribution in [3.63, 3.8) is 0 Å². The van der Waals surface area contributed by atoms with E-state index >= 15 is 0 Å². The Labute approximate surface area is 108 Å². The van der Waals surface area contributed by atoms with E-state index in [-0.39, 0.29) is 57.8 Å². The molecule has 3 N–H and O–H groups in total. The first-order chi connectivity index (χ1) is 4.63. The maximum atomic E-state index is 10.4. The zero-order valence-electron chi connectivity index (χ0n) is 6.87. The van der Waals surface area contributed by atoms with E-state index in [1.807, 2.05) is 0 Å². The molecule has 4 nitrogen and oxygen atoms in total. The van der Waals surface area contributed by atoms with Crippen LogP contribution >= 0.6 is 0 Å². The van der Waals surface area contributed by atoms with E-state index in [4.69, 9.17) is 15.3 Å². The van der Waals surface area contributed by atoms with Crippen LogP contribution in [0.4, 0.5) is 0 Å². The van der Waals surface area contributed by atoms with Crippen molar-refractivity contribution in [3.05, 3.63) is 0 Å². The normalized spacial score (nSPS) is 10.5. The number of aliphatic carboxylic acids is 1. The minimum atomic E-state index is -1.35. The van der Waals surface area contributed by atoms with Gasteiger partial charge in [0.25, 0.3) is 0 Å². The molecule has 0 rings (SSSR count). The Morgan fingerprint density at radius 1 is 1.36 bits per heavy atom. The fourth-order valence-electron chi connectivity index (χ4n) is 0.560. The van der Waals surface area contributed by atoms with Gasteiger partial charge in [-0.2, -0.15) is 0 Å². The fourth-order valence-corrected chi connectivity index (χ4v) is 0.560. The molecule has 0 amide bonds. The summed E-state index contributed by atoms with van der Waals surface area (Å²) in [6.45, 7) is 0.575. The van der Waals surface area contributed by atoms with E-state index in [1.165, 1.54) is 0 Å². The fraction of sp³-hybridized carbons (Fsp3) is 0.833. The summed E-state index contributed by atoms with van der Waals surface area (Å²) in [6.07, 6.45) is 0.231. The molecule has 0 aliphatic rings. The van der Waals surface area contributed by atoms with E-state index in [1.54, 1.807) is 6.92 Å². The quantitative estimate of drug-likeness (QED) is 0.497. The Kier molecular flexibility index (Phi) is 8.64. The second kappa shape index (κ2) is 6.53. The smallest absolute Gasteiger partial charge is 0.314 e. The Balaban J connectivity index is 0. The van der Waals surface area contributed by atoms with Gasteiger partial charge in [0.2, 0.25) is 0 Å². The van der Waals surface area contributed by atoms with Gasteiger partial charge in [-0.05, 0) is 6.42 Å². The molecule has 0 aliphatic heterocycles. The second-order valence-electron chi connectivity index (χ2n) is 2.26. The first-order valence-corrected chi connectivity index (χ1v) is 3.08. The monoisotopic (exact) mass is 187 g/mol. The van der Waals surface area contributed by atoms with Gasteiger partial charge in [0.15, 0.2) is 0 Å². The third kappa shape index (κ3) is 3.50. The molecular weight excluding hydrogens is 175 g/mol. The van der Waals surface area contributed by atoms with Crippen molar-refractivity contribution in [1.29, 1.82) is 0 Å². The molecule has 0 spiro atoms. The number of hydrogen-bond donors (Lipinski definition) is 3. The summed E-state index contributed by atoms with van der Waals surface area (Å²) >= 11 is 0. The molecule has 0 atom stereocenters. The molecule has 0 fully saturated rings. The molecule has 0 saturated carbocycles. The molecule has 1 radical (unpaired) electrons. The number of rotatable bonds is 4. The molecule has 0 aromatic heterocycles. The van der Waals surface area contributed by atoms with Gasteiger partial charge in [0.1, 0.15) is 5.41 Å². The van der Waals surface area contributed by atoms with Gasteiger partial charge in [0, 0.05) is 51.4 Å². The molecule has 0 bridgehead atoms. The van der Waals surface area contributed by atoms with Crippen LogP contribution in [0.15, 0.2) is 0 Å². The molecule has 5 heteroatoms. The molecule has 61 valence electrons. The van der Waals surface area contributed by atoms with Crippen LogP contribution < -0.4 is 0 Å². The average Bonchev–Trinajstić information content (AvgIpc) is 1.92. The van der Waals surface area contributed by atoms with Crippen LogP contribution in [0.2, 0.25) is 0 Å². The zero-order chi connectivity index (χ0) is 8.20. The summed E-state index contributed by atoms with van der Waals surface area (Å²) in [6, 6.07) is 0. The summed E-state index contributed by atoms with van der Waals surface area (Å²) in [4.78, 5) is 10.4. The largest absolute Gasteiger partial charge is 0.481 e. The first-order valence-electron chi connectivity index (χ1n) is 3.08. The summed E-state index contributed by atoms with van der Waals surface area (Å²) in [5.41, 5.74) is -1.35. The van der Waals surface area contributed by atoms with E-state index in [0.29, 0.717) is 0 Å². The van der Waals surface area contributed by atoms with E-state index in [2.05, 4.69) is 0 Å². The van der Waals surface area contributed by atoms with Crippen molar-refractivity contribution < 1.29 is 20.1 Å². The summed E-state index contributed by atoms with van der Waals surface area (Å²) in [7, 11) is 0. The standard InChI is InChI=1S/C6H12O4.K/c1-2-6(3-7,4-8)5(9)10;/h7-8H,2-4H2,1H3,(H,9,10);. The van der Waals surface area contributed by atoms with Crippen LogP contribution in [0.1, 0.15) is 13.3 Å². The van der Waals surface area contributed by atoms with Crippen LogP contribution in [0.5, 0.6) is 0 Å². The SMILES string of the molecule is CCC(CO)(CO)C(=O)O.[K]. The van der Waals surface area contributed by atoms with Crippen molar-refractivity contribution in [2.75, 3.05) is 13.2 Å². The Hall–Kier alpha value is 1.03. The van der Waals surface area contributed by atoms with Crippen molar-refractivity contribution in [2.24, 2.45) is 5.41 Å². The van der Waals surface area contributed by atoms with Crippen molar-refractivity contribution in [2.45, 2.75) is 13.3 Å². The van der Waals surface area contributed by atoms with E-state index in [0.717, 1.165) is 0 Å². The molecule has 0 aromatic carbocycles. The van der Waals surface area contributed by atoms with Gasteiger partial charge in [0.05, 0.1) is 13.2 Å². The minimum Gasteiger partial charge on any atom is -0.481 e. The molecule has 0 heterocycles. The van der Waals surface area contributed by atoms with Crippen LogP contribution in [-0.4, -0.2) is 85.9 Å². The topological polar surface area (TPSA) is 77.8 Å². The first kappa shape index (κ1) is 14.5. The summed E-state index contributed by atoms with van der Waals surface area (Å²) < 4.78 is 0. The van der Waals surface area contributed by atoms with Gasteiger partial charge in [-0.3, -0.25) is 4.79 Å². The van der Waals surface area contributed by atoms with Crippen LogP contribution in [0.25, 0.3) is 0 Å². The van der Waals surface area contributed by atoms with E-state index < -0.39 is 24.6 Å². The predicted octanol–water partition coefficient (Wildman–Crippen LogP) is -0.929. The molecule has 0 aromatic rings. The number of aliphatic hydroxyl groups excluding tert-OH is 2. The van der Waals surface area contributed by atoms with Gasteiger partial charge in [-0.15, -0.1) is 0 Å². The number of carboxylic acid groups (broad SMARTS) is 1. The summed E-state index contributed by atoms with van der Waals surface area (Å²) in [5.74, 6) is -1.15. The molecule has 0 aliphatic carbocycles. The molecule has 11 heavy (non-hydrogen) atoms. The van der Waals surface area contributed by atoms with Gasteiger partial charge >= 0.3 is 5.97 Å². The maximum absolute atomic E-state index is 10.4. The van der Waals surface area contributed by atoms with Crippen molar-refractivity contribution in [3.8, 4) is 0 Å². The minimum absolute atomic E-state index is 0. The maximum Gasteiger partial charge on any atom is 0.314 e. The third-order valence-electron chi connectivity index (χ3n) is 1.74. The third-order valence-corrected chi connectivity index (χ3v) is 1.74. The second-order valence-corrected chi connectivity index (χ2v) is 2.26. The number of carboxylic acids is 1.